The first-order valence-electron chi connectivity index (χ1n) is 13.4. The fraction of sp³-hybridized carbons (Fsp3) is 0.400. The minimum Gasteiger partial charge on any atom is -0.366 e. The van der Waals surface area contributed by atoms with Crippen LogP contribution in [-0.2, 0) is 0 Å². The molecule has 1 aliphatic rings. The molecular formula is C30H41Cl2N7. The lowest BCUT2D eigenvalue weighted by Gasteiger charge is -2.43. The van der Waals surface area contributed by atoms with E-state index in [-0.39, 0.29) is 12.1 Å². The number of anilines is 1. The van der Waals surface area contributed by atoms with Gasteiger partial charge in [-0.2, -0.15) is 5.10 Å². The Morgan fingerprint density at radius 2 is 1.64 bits per heavy atom. The van der Waals surface area contributed by atoms with Gasteiger partial charge in [0.05, 0.1) is 21.8 Å². The molecule has 1 fully saturated rings. The summed E-state index contributed by atoms with van der Waals surface area (Å²) in [4.78, 5) is 8.67. The van der Waals surface area contributed by atoms with Gasteiger partial charge in [0.2, 0.25) is 0 Å². The average Bonchev–Trinajstić information content (AvgIpc) is 2.95. The second kappa shape index (κ2) is 14.5. The molecule has 3 aromatic rings. The van der Waals surface area contributed by atoms with E-state index in [1.165, 1.54) is 11.0 Å². The predicted octanol–water partition coefficient (Wildman–Crippen LogP) is 6.62. The standard InChI is InChI=1S/C25H31Cl2N7.C5H10/c1-3-17(2)34(29)25(31-28)23(20-10-6-8-18-7-4-5-9-19(18)20)32-11-13-33(14-12-32)24-21(26)15-30-16-22(24)27;1-4-5(2)3/h4-10,15-17,23H,3,11-14,28-29H2,1-2H3;2,4H2,1,3H3/b31-25-;. The Morgan fingerprint density at radius 1 is 1.05 bits per heavy atom. The third-order valence-electron chi connectivity index (χ3n) is 7.25. The summed E-state index contributed by atoms with van der Waals surface area (Å²) in [5.74, 6) is 13.2. The molecule has 0 amide bonds. The molecule has 0 saturated carbocycles. The highest BCUT2D eigenvalue weighted by atomic mass is 35.5. The lowest BCUT2D eigenvalue weighted by molar-refractivity contribution is 0.206. The van der Waals surface area contributed by atoms with Crippen molar-refractivity contribution in [2.75, 3.05) is 31.1 Å². The number of hydrazine groups is 1. The molecular weight excluding hydrogens is 529 g/mol. The average molecular weight is 571 g/mol. The Labute approximate surface area is 243 Å². The molecule has 2 aromatic carbocycles. The van der Waals surface area contributed by atoms with Crippen LogP contribution < -0.4 is 16.6 Å². The van der Waals surface area contributed by atoms with Crippen LogP contribution in [0.2, 0.25) is 10.0 Å². The molecule has 1 aromatic heterocycles. The maximum atomic E-state index is 6.57. The largest absolute Gasteiger partial charge is 0.366 e. The van der Waals surface area contributed by atoms with Crippen LogP contribution in [0.15, 0.2) is 72.1 Å². The molecule has 210 valence electrons. The number of amidine groups is 1. The molecule has 39 heavy (non-hydrogen) atoms. The first-order chi connectivity index (χ1) is 18.7. The van der Waals surface area contributed by atoms with Gasteiger partial charge in [-0.1, -0.05) is 85.1 Å². The van der Waals surface area contributed by atoms with E-state index < -0.39 is 0 Å². The number of rotatable bonds is 7. The second-order valence-electron chi connectivity index (χ2n) is 9.91. The molecule has 2 atom stereocenters. The number of hydrogen-bond donors (Lipinski definition) is 2. The number of pyridine rings is 1. The summed E-state index contributed by atoms with van der Waals surface area (Å²) in [7, 11) is 0. The van der Waals surface area contributed by atoms with E-state index in [1.54, 1.807) is 17.4 Å². The quantitative estimate of drug-likeness (QED) is 0.109. The number of fused-ring (bicyclic) bond motifs is 1. The number of benzene rings is 2. The number of piperazine rings is 1. The number of nitrogens with zero attached hydrogens (tertiary/aromatic N) is 5. The molecule has 0 spiro atoms. The molecule has 2 heterocycles. The zero-order chi connectivity index (χ0) is 28.5. The van der Waals surface area contributed by atoms with Gasteiger partial charge in [0.15, 0.2) is 5.84 Å². The van der Waals surface area contributed by atoms with Crippen molar-refractivity contribution in [2.45, 2.75) is 52.6 Å². The summed E-state index contributed by atoms with van der Waals surface area (Å²) in [5.41, 5.74) is 3.21. The first-order valence-corrected chi connectivity index (χ1v) is 14.2. The highest BCUT2D eigenvalue weighted by Crippen LogP contribution is 2.36. The van der Waals surface area contributed by atoms with Gasteiger partial charge in [-0.05, 0) is 43.0 Å². The smallest absolute Gasteiger partial charge is 0.160 e. The Bertz CT molecular complexity index is 1250. The highest BCUT2D eigenvalue weighted by molar-refractivity contribution is 6.38. The number of nitrogens with two attached hydrogens (primary N) is 2. The third kappa shape index (κ3) is 7.42. The first kappa shape index (κ1) is 30.7. The Hall–Kier alpha value is -2.84. The monoisotopic (exact) mass is 569 g/mol. The number of aromatic nitrogens is 1. The van der Waals surface area contributed by atoms with Crippen molar-refractivity contribution in [1.29, 1.82) is 0 Å². The minimum atomic E-state index is -0.194. The zero-order valence-corrected chi connectivity index (χ0v) is 25.0. The molecule has 0 aliphatic carbocycles. The van der Waals surface area contributed by atoms with E-state index in [9.17, 15) is 0 Å². The minimum absolute atomic E-state index is 0.0931. The van der Waals surface area contributed by atoms with Crippen LogP contribution in [0, 0.1) is 0 Å². The van der Waals surface area contributed by atoms with Gasteiger partial charge in [0.1, 0.15) is 0 Å². The normalized spacial score (nSPS) is 15.9. The lowest BCUT2D eigenvalue weighted by atomic mass is 9.95. The highest BCUT2D eigenvalue weighted by Gasteiger charge is 2.34. The molecule has 1 saturated heterocycles. The van der Waals surface area contributed by atoms with E-state index in [0.29, 0.717) is 15.9 Å². The van der Waals surface area contributed by atoms with E-state index >= 15 is 0 Å². The van der Waals surface area contributed by atoms with Crippen LogP contribution in [0.25, 0.3) is 10.8 Å². The fourth-order valence-corrected chi connectivity index (χ4v) is 5.20. The van der Waals surface area contributed by atoms with Gasteiger partial charge in [-0.15, -0.1) is 6.58 Å². The van der Waals surface area contributed by atoms with Crippen molar-refractivity contribution in [1.82, 2.24) is 14.9 Å². The van der Waals surface area contributed by atoms with Crippen molar-refractivity contribution < 1.29 is 0 Å². The van der Waals surface area contributed by atoms with E-state index in [2.05, 4.69) is 89.7 Å². The molecule has 1 aliphatic heterocycles. The summed E-state index contributed by atoms with van der Waals surface area (Å²) in [5, 5.41) is 9.40. The molecule has 0 radical (unpaired) electrons. The van der Waals surface area contributed by atoms with Crippen LogP contribution in [0.3, 0.4) is 0 Å². The number of hydrazone groups is 1. The van der Waals surface area contributed by atoms with Crippen molar-refractivity contribution in [3.05, 3.63) is 82.6 Å². The van der Waals surface area contributed by atoms with Crippen LogP contribution in [-0.4, -0.2) is 52.9 Å². The van der Waals surface area contributed by atoms with Gasteiger partial charge in [-0.3, -0.25) is 14.9 Å². The topological polar surface area (TPSA) is 87.0 Å². The third-order valence-corrected chi connectivity index (χ3v) is 7.81. The van der Waals surface area contributed by atoms with Crippen LogP contribution in [0.1, 0.15) is 52.1 Å². The van der Waals surface area contributed by atoms with Gasteiger partial charge in [0, 0.05) is 44.6 Å². The molecule has 0 bridgehead atoms. The molecule has 4 rings (SSSR count). The number of allylic oxidation sites excluding steroid dienone is 1. The predicted molar refractivity (Wildman–Crippen MR) is 167 cm³/mol. The van der Waals surface area contributed by atoms with Gasteiger partial charge < -0.3 is 10.7 Å². The van der Waals surface area contributed by atoms with Gasteiger partial charge >= 0.3 is 0 Å². The van der Waals surface area contributed by atoms with E-state index in [0.717, 1.165) is 55.7 Å². The molecule has 9 heteroatoms. The van der Waals surface area contributed by atoms with Crippen molar-refractivity contribution in [3.63, 3.8) is 0 Å². The van der Waals surface area contributed by atoms with Gasteiger partial charge in [-0.25, -0.2) is 5.84 Å². The second-order valence-corrected chi connectivity index (χ2v) is 10.7. The Morgan fingerprint density at radius 3 is 2.21 bits per heavy atom. The summed E-state index contributed by atoms with van der Waals surface area (Å²) in [6, 6.07) is 14.6. The van der Waals surface area contributed by atoms with Crippen molar-refractivity contribution in [2.24, 2.45) is 16.8 Å². The SMILES string of the molecule is C=C(C)CC.CCC(C)N(N)/C(=N\N)C(c1cccc2ccccc12)N1CCN(c2c(Cl)cncc2Cl)CC1. The van der Waals surface area contributed by atoms with Crippen molar-refractivity contribution >= 4 is 45.5 Å². The molecule has 7 nitrogen and oxygen atoms in total. The van der Waals surface area contributed by atoms with Crippen LogP contribution >= 0.6 is 23.2 Å². The molecule has 4 N–H and O–H groups in total. The summed E-state index contributed by atoms with van der Waals surface area (Å²) in [6.45, 7) is 15.0. The number of hydrogen-bond acceptors (Lipinski definition) is 6. The Balaban J connectivity index is 0.000000771. The summed E-state index contributed by atoms with van der Waals surface area (Å²) >= 11 is 12.9. The van der Waals surface area contributed by atoms with E-state index in [1.807, 2.05) is 6.92 Å². The fourth-order valence-electron chi connectivity index (χ4n) is 4.60. The van der Waals surface area contributed by atoms with Crippen molar-refractivity contribution in [3.8, 4) is 0 Å². The van der Waals surface area contributed by atoms with Crippen LogP contribution in [0.4, 0.5) is 5.69 Å². The Kier molecular flexibility index (Phi) is 11.4. The summed E-state index contributed by atoms with van der Waals surface area (Å²) in [6.07, 6.45) is 5.25. The molecule has 2 unspecified atom stereocenters. The summed E-state index contributed by atoms with van der Waals surface area (Å²) < 4.78 is 0. The maximum Gasteiger partial charge on any atom is 0.160 e. The maximum absolute atomic E-state index is 6.57. The number of halogens is 2. The van der Waals surface area contributed by atoms with E-state index in [4.69, 9.17) is 34.9 Å². The van der Waals surface area contributed by atoms with Crippen LogP contribution in [0.5, 0.6) is 0 Å². The van der Waals surface area contributed by atoms with Gasteiger partial charge in [0.25, 0.3) is 0 Å². The zero-order valence-electron chi connectivity index (χ0n) is 23.4. The lowest BCUT2D eigenvalue weighted by Crippen LogP contribution is -2.55.